The van der Waals surface area contributed by atoms with Crippen LogP contribution in [0.1, 0.15) is 46.0 Å². The Labute approximate surface area is 188 Å². The number of halogens is 1. The first kappa shape index (κ1) is 22.8. The van der Waals surface area contributed by atoms with E-state index in [4.69, 9.17) is 0 Å². The molecule has 1 heterocycles. The summed E-state index contributed by atoms with van der Waals surface area (Å²) in [6.07, 6.45) is 5.31. The van der Waals surface area contributed by atoms with E-state index in [2.05, 4.69) is 31.5 Å². The van der Waals surface area contributed by atoms with Gasteiger partial charge in [-0.2, -0.15) is 0 Å². The van der Waals surface area contributed by atoms with Crippen LogP contribution in [-0.4, -0.2) is 33.3 Å². The van der Waals surface area contributed by atoms with Gasteiger partial charge in [0.25, 0.3) is 5.56 Å². The Bertz CT molecular complexity index is 986. The lowest BCUT2D eigenvalue weighted by Gasteiger charge is -2.22. The number of hydrogen-bond acceptors (Lipinski definition) is 5. The van der Waals surface area contributed by atoms with Crippen LogP contribution < -0.4 is 16.2 Å². The highest BCUT2D eigenvalue weighted by Gasteiger charge is 2.18. The Morgan fingerprint density at radius 2 is 2.00 bits per heavy atom. The molecule has 3 rings (SSSR count). The summed E-state index contributed by atoms with van der Waals surface area (Å²) >= 11 is 4.56. The number of urea groups is 1. The number of rotatable bonds is 6. The zero-order valence-electron chi connectivity index (χ0n) is 17.2. The molecule has 1 aliphatic rings. The van der Waals surface area contributed by atoms with E-state index in [0.717, 1.165) is 30.2 Å². The van der Waals surface area contributed by atoms with E-state index in [0.29, 0.717) is 22.6 Å². The number of carbonyl (C=O) groups excluding carboxylic acids is 2. The molecule has 0 bridgehead atoms. The minimum atomic E-state index is -0.455. The molecule has 1 aromatic carbocycles. The van der Waals surface area contributed by atoms with Crippen LogP contribution >= 0.6 is 27.7 Å². The van der Waals surface area contributed by atoms with Crippen LogP contribution in [0.25, 0.3) is 10.9 Å². The number of amides is 3. The molecule has 2 aromatic rings. The third kappa shape index (κ3) is 6.07. The summed E-state index contributed by atoms with van der Waals surface area (Å²) in [5.41, 5.74) is 0.453. The average Bonchev–Trinajstić information content (AvgIpc) is 2.69. The van der Waals surface area contributed by atoms with E-state index in [9.17, 15) is 14.4 Å². The van der Waals surface area contributed by atoms with E-state index in [-0.39, 0.29) is 23.3 Å². The van der Waals surface area contributed by atoms with Crippen LogP contribution in [0.3, 0.4) is 0 Å². The largest absolute Gasteiger partial charge is 0.335 e. The van der Waals surface area contributed by atoms with Gasteiger partial charge in [-0.15, -0.1) is 0 Å². The normalized spacial score (nSPS) is 14.8. The maximum absolute atomic E-state index is 13.0. The van der Waals surface area contributed by atoms with Gasteiger partial charge in [0.05, 0.1) is 16.7 Å². The quantitative estimate of drug-likeness (QED) is 0.466. The van der Waals surface area contributed by atoms with Crippen molar-refractivity contribution in [3.05, 3.63) is 33.0 Å². The maximum Gasteiger partial charge on any atom is 0.321 e. The summed E-state index contributed by atoms with van der Waals surface area (Å²) in [7, 11) is 0. The van der Waals surface area contributed by atoms with Crippen molar-refractivity contribution in [3.8, 4) is 0 Å². The number of imide groups is 1. The Balaban J connectivity index is 1.69. The lowest BCUT2D eigenvalue weighted by Crippen LogP contribution is -2.45. The number of aromatic nitrogens is 2. The molecule has 1 aliphatic carbocycles. The van der Waals surface area contributed by atoms with Gasteiger partial charge in [-0.1, -0.05) is 60.8 Å². The predicted molar refractivity (Wildman–Crippen MR) is 123 cm³/mol. The van der Waals surface area contributed by atoms with E-state index < -0.39 is 11.9 Å². The average molecular weight is 495 g/mol. The number of carbonyl (C=O) groups is 2. The molecule has 0 spiro atoms. The molecule has 9 heteroatoms. The first-order valence-corrected chi connectivity index (χ1v) is 12.0. The van der Waals surface area contributed by atoms with Crippen molar-refractivity contribution in [1.82, 2.24) is 20.2 Å². The molecular formula is C21H27BrN4O3S. The summed E-state index contributed by atoms with van der Waals surface area (Å²) in [5.74, 6) is -0.164. The summed E-state index contributed by atoms with van der Waals surface area (Å²) in [4.78, 5) is 42.0. The molecule has 0 aliphatic heterocycles. The Kier molecular flexibility index (Phi) is 7.93. The maximum atomic E-state index is 13.0. The highest BCUT2D eigenvalue weighted by atomic mass is 79.9. The van der Waals surface area contributed by atoms with Crippen molar-refractivity contribution in [1.29, 1.82) is 0 Å². The van der Waals surface area contributed by atoms with Gasteiger partial charge in [-0.3, -0.25) is 19.5 Å². The molecule has 0 radical (unpaired) electrons. The van der Waals surface area contributed by atoms with Gasteiger partial charge in [0.2, 0.25) is 5.91 Å². The molecule has 0 saturated heterocycles. The van der Waals surface area contributed by atoms with Crippen molar-refractivity contribution >= 4 is 50.5 Å². The summed E-state index contributed by atoms with van der Waals surface area (Å²) < 4.78 is 2.42. The van der Waals surface area contributed by atoms with Crippen molar-refractivity contribution in [2.24, 2.45) is 5.92 Å². The summed E-state index contributed by atoms with van der Waals surface area (Å²) in [5, 5.41) is 6.27. The second-order valence-electron chi connectivity index (χ2n) is 8.01. The molecular weight excluding hydrogens is 468 g/mol. The van der Waals surface area contributed by atoms with Crippen LogP contribution in [0.4, 0.5) is 4.79 Å². The second kappa shape index (κ2) is 10.4. The highest BCUT2D eigenvalue weighted by molar-refractivity contribution is 9.10. The third-order valence-corrected chi connectivity index (χ3v) is 6.42. The summed E-state index contributed by atoms with van der Waals surface area (Å²) in [6, 6.07) is 5.05. The van der Waals surface area contributed by atoms with Crippen LogP contribution in [0.2, 0.25) is 0 Å². The van der Waals surface area contributed by atoms with Crippen molar-refractivity contribution in [2.75, 3.05) is 5.75 Å². The number of nitrogens with one attached hydrogen (secondary N) is 2. The van der Waals surface area contributed by atoms with Gasteiger partial charge in [-0.25, -0.2) is 9.78 Å². The fourth-order valence-corrected chi connectivity index (χ4v) is 4.74. The fourth-order valence-electron chi connectivity index (χ4n) is 3.57. The van der Waals surface area contributed by atoms with Gasteiger partial charge >= 0.3 is 6.03 Å². The molecule has 0 atom stereocenters. The fraction of sp³-hybridized carbons (Fsp3) is 0.524. The van der Waals surface area contributed by atoms with Crippen molar-refractivity contribution < 1.29 is 9.59 Å². The second-order valence-corrected chi connectivity index (χ2v) is 9.87. The number of nitrogens with zero attached hydrogens (tertiary/aromatic N) is 2. The number of benzene rings is 1. The van der Waals surface area contributed by atoms with Gasteiger partial charge in [0.15, 0.2) is 5.16 Å². The van der Waals surface area contributed by atoms with Crippen molar-refractivity contribution in [3.63, 3.8) is 0 Å². The molecule has 7 nitrogen and oxygen atoms in total. The van der Waals surface area contributed by atoms with Crippen LogP contribution in [0, 0.1) is 5.92 Å². The standard InChI is InChI=1S/C21H27BrN4O3S/c1-13(2)11-26-19(28)16-10-14(22)8-9-17(16)24-21(26)30-12-18(27)25-20(29)23-15-6-4-3-5-7-15/h8-10,13,15H,3-7,11-12H2,1-2H3,(H2,23,25,27,29). The van der Waals surface area contributed by atoms with Crippen LogP contribution in [-0.2, 0) is 11.3 Å². The van der Waals surface area contributed by atoms with E-state index in [1.54, 1.807) is 16.7 Å². The number of fused-ring (bicyclic) bond motifs is 1. The first-order chi connectivity index (χ1) is 14.3. The molecule has 30 heavy (non-hydrogen) atoms. The third-order valence-electron chi connectivity index (χ3n) is 4.95. The Morgan fingerprint density at radius 1 is 1.27 bits per heavy atom. The minimum absolute atomic E-state index is 0.00462. The number of hydrogen-bond donors (Lipinski definition) is 2. The van der Waals surface area contributed by atoms with E-state index >= 15 is 0 Å². The molecule has 2 N–H and O–H groups in total. The monoisotopic (exact) mass is 494 g/mol. The van der Waals surface area contributed by atoms with Gasteiger partial charge < -0.3 is 5.32 Å². The Hall–Kier alpha value is -1.87. The lowest BCUT2D eigenvalue weighted by atomic mass is 9.96. The smallest absolute Gasteiger partial charge is 0.321 e. The zero-order chi connectivity index (χ0) is 21.7. The molecule has 1 aromatic heterocycles. The molecule has 162 valence electrons. The highest BCUT2D eigenvalue weighted by Crippen LogP contribution is 2.21. The zero-order valence-corrected chi connectivity index (χ0v) is 19.6. The van der Waals surface area contributed by atoms with Crippen molar-refractivity contribution in [2.45, 2.75) is 63.7 Å². The van der Waals surface area contributed by atoms with Crippen LogP contribution in [0.5, 0.6) is 0 Å². The van der Waals surface area contributed by atoms with E-state index in [1.165, 1.54) is 18.2 Å². The predicted octanol–water partition coefficient (Wildman–Crippen LogP) is 4.07. The lowest BCUT2D eigenvalue weighted by molar-refractivity contribution is -0.117. The number of thioether (sulfide) groups is 1. The minimum Gasteiger partial charge on any atom is -0.335 e. The van der Waals surface area contributed by atoms with E-state index in [1.807, 2.05) is 19.9 Å². The first-order valence-electron chi connectivity index (χ1n) is 10.3. The van der Waals surface area contributed by atoms with Gasteiger partial charge in [0.1, 0.15) is 0 Å². The van der Waals surface area contributed by atoms with Gasteiger partial charge in [0, 0.05) is 17.1 Å². The topological polar surface area (TPSA) is 93.1 Å². The molecule has 1 fully saturated rings. The summed E-state index contributed by atoms with van der Waals surface area (Å²) in [6.45, 7) is 4.54. The molecule has 3 amide bonds. The molecule has 1 saturated carbocycles. The van der Waals surface area contributed by atoms with Crippen LogP contribution in [0.15, 0.2) is 32.6 Å². The Morgan fingerprint density at radius 3 is 2.70 bits per heavy atom. The van der Waals surface area contributed by atoms with Gasteiger partial charge in [-0.05, 0) is 37.0 Å². The molecule has 0 unspecified atom stereocenters. The SMILES string of the molecule is CC(C)Cn1c(SCC(=O)NC(=O)NC2CCCCC2)nc2ccc(Br)cc2c1=O.